The SMILES string of the molecule is Cc1ccc2cccc([S](=O)=O)c2n1. The minimum atomic E-state index is -2.22. The molecule has 0 saturated carbocycles. The van der Waals surface area contributed by atoms with Gasteiger partial charge in [-0.2, -0.15) is 8.42 Å². The molecule has 1 heterocycles. The summed E-state index contributed by atoms with van der Waals surface area (Å²) in [5.74, 6) is 0. The molecule has 0 unspecified atom stereocenters. The fraction of sp³-hybridized carbons (Fsp3) is 0.100. The van der Waals surface area contributed by atoms with Gasteiger partial charge in [0.2, 0.25) is 10.7 Å². The highest BCUT2D eigenvalue weighted by Crippen LogP contribution is 2.17. The summed E-state index contributed by atoms with van der Waals surface area (Å²) in [6.45, 7) is 1.84. The zero-order chi connectivity index (χ0) is 10.1. The highest BCUT2D eigenvalue weighted by Gasteiger charge is 2.05. The fourth-order valence-corrected chi connectivity index (χ4v) is 1.86. The number of hydrogen-bond donors (Lipinski definition) is 0. The van der Waals surface area contributed by atoms with Crippen molar-refractivity contribution in [2.75, 3.05) is 0 Å². The van der Waals surface area contributed by atoms with Crippen LogP contribution in [-0.2, 0) is 10.7 Å². The summed E-state index contributed by atoms with van der Waals surface area (Å²) in [5.41, 5.74) is 1.36. The van der Waals surface area contributed by atoms with Gasteiger partial charge in [0.1, 0.15) is 4.90 Å². The molecular formula is C10H8NO2S. The number of aromatic nitrogens is 1. The van der Waals surface area contributed by atoms with Crippen LogP contribution in [-0.4, -0.2) is 13.4 Å². The summed E-state index contributed by atoms with van der Waals surface area (Å²) >= 11 is 0. The summed E-state index contributed by atoms with van der Waals surface area (Å²) in [4.78, 5) is 4.46. The monoisotopic (exact) mass is 206 g/mol. The molecule has 14 heavy (non-hydrogen) atoms. The van der Waals surface area contributed by atoms with Gasteiger partial charge in [0, 0.05) is 11.1 Å². The van der Waals surface area contributed by atoms with Gasteiger partial charge in [0.25, 0.3) is 0 Å². The van der Waals surface area contributed by atoms with E-state index in [0.717, 1.165) is 11.1 Å². The Morgan fingerprint density at radius 3 is 2.64 bits per heavy atom. The molecule has 0 N–H and O–H groups in total. The third-order valence-electron chi connectivity index (χ3n) is 2.00. The first-order chi connectivity index (χ1) is 6.68. The van der Waals surface area contributed by atoms with E-state index in [1.807, 2.05) is 25.1 Å². The molecule has 0 aliphatic rings. The summed E-state index contributed by atoms with van der Waals surface area (Å²) < 4.78 is 21.8. The normalized spacial score (nSPS) is 10.4. The standard InChI is InChI=1S/C10H8NO2S/c1-7-5-6-8-3-2-4-9(14(12)13)10(8)11-7/h2-6H,1H3. The molecule has 2 aromatic rings. The van der Waals surface area contributed by atoms with E-state index in [-0.39, 0.29) is 4.90 Å². The average molecular weight is 206 g/mol. The average Bonchev–Trinajstić information content (AvgIpc) is 2.16. The maximum Gasteiger partial charge on any atom is 0.223 e. The minimum absolute atomic E-state index is 0.256. The molecule has 0 amide bonds. The van der Waals surface area contributed by atoms with E-state index in [1.54, 1.807) is 12.1 Å². The van der Waals surface area contributed by atoms with Crippen molar-refractivity contribution in [2.24, 2.45) is 0 Å². The lowest BCUT2D eigenvalue weighted by Crippen LogP contribution is -1.88. The summed E-state index contributed by atoms with van der Waals surface area (Å²) in [6, 6.07) is 8.84. The molecule has 0 bridgehead atoms. The van der Waals surface area contributed by atoms with Crippen molar-refractivity contribution < 1.29 is 8.42 Å². The van der Waals surface area contributed by atoms with Gasteiger partial charge in [-0.05, 0) is 19.1 Å². The van der Waals surface area contributed by atoms with Crippen LogP contribution in [0.2, 0.25) is 0 Å². The quantitative estimate of drug-likeness (QED) is 0.714. The molecule has 1 radical (unpaired) electrons. The third-order valence-corrected chi connectivity index (χ3v) is 2.69. The van der Waals surface area contributed by atoms with E-state index < -0.39 is 10.7 Å². The first kappa shape index (κ1) is 9.02. The lowest BCUT2D eigenvalue weighted by Gasteiger charge is -1.99. The molecule has 4 heteroatoms. The van der Waals surface area contributed by atoms with Gasteiger partial charge in [0.05, 0.1) is 5.52 Å². The van der Waals surface area contributed by atoms with Gasteiger partial charge in [-0.3, -0.25) is 4.98 Å². The van der Waals surface area contributed by atoms with Crippen LogP contribution in [0.25, 0.3) is 10.9 Å². The van der Waals surface area contributed by atoms with Crippen molar-refractivity contribution in [3.8, 4) is 0 Å². The van der Waals surface area contributed by atoms with E-state index >= 15 is 0 Å². The second kappa shape index (κ2) is 3.31. The number of aryl methyl sites for hydroxylation is 1. The van der Waals surface area contributed by atoms with Gasteiger partial charge in [-0.25, -0.2) is 0 Å². The molecule has 71 valence electrons. The van der Waals surface area contributed by atoms with Gasteiger partial charge >= 0.3 is 0 Å². The van der Waals surface area contributed by atoms with E-state index in [2.05, 4.69) is 4.98 Å². The van der Waals surface area contributed by atoms with Crippen LogP contribution in [0.1, 0.15) is 5.69 Å². The molecule has 0 atom stereocenters. The zero-order valence-electron chi connectivity index (χ0n) is 7.56. The number of nitrogens with zero attached hydrogens (tertiary/aromatic N) is 1. The molecular weight excluding hydrogens is 198 g/mol. The van der Waals surface area contributed by atoms with Crippen LogP contribution in [0.4, 0.5) is 0 Å². The molecule has 0 aliphatic heterocycles. The van der Waals surface area contributed by atoms with Crippen molar-refractivity contribution in [3.63, 3.8) is 0 Å². The molecule has 1 aromatic carbocycles. The lowest BCUT2D eigenvalue weighted by molar-refractivity contribution is 0.615. The van der Waals surface area contributed by atoms with Crippen molar-refractivity contribution in [2.45, 2.75) is 11.8 Å². The Bertz CT molecular complexity index is 553. The summed E-state index contributed by atoms with van der Waals surface area (Å²) in [5, 5.41) is 0.845. The molecule has 1 aromatic heterocycles. The van der Waals surface area contributed by atoms with Gasteiger partial charge in [0.15, 0.2) is 0 Å². The second-order valence-corrected chi connectivity index (χ2v) is 3.92. The van der Waals surface area contributed by atoms with E-state index in [9.17, 15) is 8.42 Å². The summed E-state index contributed by atoms with van der Waals surface area (Å²) in [6.07, 6.45) is 0. The number of rotatable bonds is 1. The van der Waals surface area contributed by atoms with E-state index in [1.165, 1.54) is 0 Å². The largest absolute Gasteiger partial charge is 0.251 e. The van der Waals surface area contributed by atoms with Crippen molar-refractivity contribution in [1.82, 2.24) is 4.98 Å². The maximum absolute atomic E-state index is 10.9. The number of hydrogen-bond acceptors (Lipinski definition) is 3. The smallest absolute Gasteiger partial charge is 0.223 e. The molecule has 0 spiro atoms. The second-order valence-electron chi connectivity index (χ2n) is 3.02. The van der Waals surface area contributed by atoms with E-state index in [4.69, 9.17) is 0 Å². The van der Waals surface area contributed by atoms with Crippen LogP contribution < -0.4 is 0 Å². The maximum atomic E-state index is 10.9. The number of benzene rings is 1. The molecule has 0 fully saturated rings. The highest BCUT2D eigenvalue weighted by molar-refractivity contribution is 7.72. The van der Waals surface area contributed by atoms with Crippen molar-refractivity contribution in [3.05, 3.63) is 36.0 Å². The van der Waals surface area contributed by atoms with Crippen LogP contribution in [0, 0.1) is 6.92 Å². The molecule has 2 rings (SSSR count). The van der Waals surface area contributed by atoms with Crippen LogP contribution in [0.15, 0.2) is 35.2 Å². The lowest BCUT2D eigenvalue weighted by atomic mass is 10.2. The number of para-hydroxylation sites is 1. The van der Waals surface area contributed by atoms with Crippen LogP contribution in [0.5, 0.6) is 0 Å². The van der Waals surface area contributed by atoms with Gasteiger partial charge < -0.3 is 0 Å². The van der Waals surface area contributed by atoms with Crippen molar-refractivity contribution in [1.29, 1.82) is 0 Å². The number of fused-ring (bicyclic) bond motifs is 1. The molecule has 0 aliphatic carbocycles. The predicted molar refractivity (Wildman–Crippen MR) is 53.7 cm³/mol. The Morgan fingerprint density at radius 1 is 1.14 bits per heavy atom. The van der Waals surface area contributed by atoms with Crippen LogP contribution >= 0.6 is 0 Å². The van der Waals surface area contributed by atoms with E-state index in [0.29, 0.717) is 5.52 Å². The Hall–Kier alpha value is -1.55. The fourth-order valence-electron chi connectivity index (χ4n) is 1.35. The zero-order valence-corrected chi connectivity index (χ0v) is 8.38. The minimum Gasteiger partial charge on any atom is -0.251 e. The van der Waals surface area contributed by atoms with Gasteiger partial charge in [-0.15, -0.1) is 0 Å². The number of pyridine rings is 1. The Labute approximate surface area is 83.4 Å². The van der Waals surface area contributed by atoms with Crippen LogP contribution in [0.3, 0.4) is 0 Å². The first-order valence-electron chi connectivity index (χ1n) is 4.14. The highest BCUT2D eigenvalue weighted by atomic mass is 32.2. The third kappa shape index (κ3) is 1.44. The Morgan fingerprint density at radius 2 is 1.93 bits per heavy atom. The van der Waals surface area contributed by atoms with Gasteiger partial charge in [-0.1, -0.05) is 18.2 Å². The Kier molecular flexibility index (Phi) is 2.13. The van der Waals surface area contributed by atoms with Crippen molar-refractivity contribution >= 4 is 21.6 Å². The first-order valence-corrected chi connectivity index (χ1v) is 5.21. The molecule has 0 saturated heterocycles. The summed E-state index contributed by atoms with van der Waals surface area (Å²) in [7, 11) is -2.22. The molecule has 3 nitrogen and oxygen atoms in total. The predicted octanol–water partition coefficient (Wildman–Crippen LogP) is 1.78. The Balaban J connectivity index is 2.91. The topological polar surface area (TPSA) is 47.0 Å².